The van der Waals surface area contributed by atoms with Gasteiger partial charge in [-0.25, -0.2) is 13.8 Å². The summed E-state index contributed by atoms with van der Waals surface area (Å²) in [4.78, 5) is 64.8. The Hall–Kier alpha value is -6.82. The number of aryl methyl sites for hydroxylation is 1. The Balaban J connectivity index is 1.09. The van der Waals surface area contributed by atoms with E-state index in [1.54, 1.807) is 44.6 Å². The number of benzene rings is 3. The van der Waals surface area contributed by atoms with E-state index in [1.807, 2.05) is 45.0 Å². The average molecular weight is 1130 g/mol. The number of methoxy groups -OCH3 is 1. The minimum Gasteiger partial charge on any atom is -0.508 e. The van der Waals surface area contributed by atoms with E-state index in [2.05, 4.69) is 71.4 Å². The summed E-state index contributed by atoms with van der Waals surface area (Å²) in [5.41, 5.74) is 17.1. The van der Waals surface area contributed by atoms with Crippen LogP contribution in [0.5, 0.6) is 5.75 Å². The summed E-state index contributed by atoms with van der Waals surface area (Å²) in [7, 11) is 0.249. The van der Waals surface area contributed by atoms with E-state index in [0.717, 1.165) is 38.9 Å². The third-order valence-corrected chi connectivity index (χ3v) is 18.1. The van der Waals surface area contributed by atoms with Crippen molar-refractivity contribution in [2.45, 2.75) is 135 Å². The average Bonchev–Trinajstić information content (AvgIpc) is 4.23. The zero-order valence-electron chi connectivity index (χ0n) is 47.8. The number of nitrogen functional groups attached to an aromatic ring is 1. The maximum atomic E-state index is 15.0. The molecular formula is C62H78N8O10S. The number of likely N-dealkylation sites (N-methyl/N-ethyl adjacent to an activating group) is 1. The number of hydrazine groups is 1. The van der Waals surface area contributed by atoms with E-state index in [9.17, 15) is 32.7 Å². The summed E-state index contributed by atoms with van der Waals surface area (Å²) in [5, 5.41) is 20.3. The summed E-state index contributed by atoms with van der Waals surface area (Å²) in [6.07, 6.45) is 3.54. The molecule has 3 fully saturated rings. The molecule has 4 aliphatic heterocycles. The molecule has 6 bridgehead atoms. The molecule has 0 aliphatic carbocycles. The van der Waals surface area contributed by atoms with Crippen LogP contribution in [0.1, 0.15) is 114 Å². The predicted octanol–water partition coefficient (Wildman–Crippen LogP) is 6.61. The number of aromatic hydroxyl groups is 1. The highest BCUT2D eigenvalue weighted by Crippen LogP contribution is 2.43. The zero-order chi connectivity index (χ0) is 57.9. The molecule has 18 nitrogen and oxygen atoms in total. The van der Waals surface area contributed by atoms with Crippen LogP contribution in [0.25, 0.3) is 33.3 Å². The second-order valence-electron chi connectivity index (χ2n) is 23.4. The second kappa shape index (κ2) is 24.7. The Bertz CT molecular complexity index is 3330. The number of hydrogen-bond acceptors (Lipinski definition) is 14. The molecule has 9 rings (SSSR count). The van der Waals surface area contributed by atoms with E-state index < -0.39 is 63.4 Å². The van der Waals surface area contributed by atoms with Crippen LogP contribution in [0.3, 0.4) is 0 Å². The Labute approximate surface area is 475 Å². The first kappa shape index (κ1) is 58.8. The Kier molecular flexibility index (Phi) is 18.0. The number of phenolic OH excluding ortho intramolecular Hbond substituents is 1. The fourth-order valence-corrected chi connectivity index (χ4v) is 13.5. The fraction of sp³-hybridized carbons (Fsp3) is 0.500. The van der Waals surface area contributed by atoms with E-state index >= 15 is 0 Å². The van der Waals surface area contributed by atoms with Crippen LogP contribution in [-0.2, 0) is 62.6 Å². The zero-order valence-corrected chi connectivity index (χ0v) is 48.7. The van der Waals surface area contributed by atoms with Crippen LogP contribution < -0.4 is 21.8 Å². The molecular weight excluding hydrogens is 1050 g/mol. The van der Waals surface area contributed by atoms with Crippen molar-refractivity contribution in [3.8, 4) is 40.0 Å². The fourth-order valence-electron chi connectivity index (χ4n) is 12.1. The molecule has 6 heterocycles. The largest absolute Gasteiger partial charge is 0.508 e. The Morgan fingerprint density at radius 1 is 1.01 bits per heavy atom. The summed E-state index contributed by atoms with van der Waals surface area (Å²) in [6.45, 7) is 13.5. The highest BCUT2D eigenvalue weighted by atomic mass is 32.2. The van der Waals surface area contributed by atoms with Gasteiger partial charge >= 0.3 is 5.97 Å². The SMILES string of the molecule is CCn1c(-c2cc(C#CCNC3CCS(=O)(=O)CC3)cnc2C(C)OC)c2c3cc(ccc31)-c1cc(O)cc(c1)CC(NC(=O)C(C(C)C)N(C)C(=O)C1OCCC1c1ccc(N)cc1)C(=O)N1CCCC(N1)C(=O)OCC(C)(C)C2. The molecule has 19 heteroatoms. The number of carbonyl (C=O) groups is 4. The number of fused-ring (bicyclic) bond motifs is 6. The Morgan fingerprint density at radius 3 is 2.48 bits per heavy atom. The van der Waals surface area contributed by atoms with E-state index in [-0.39, 0.29) is 60.6 Å². The van der Waals surface area contributed by atoms with Gasteiger partial charge in [0.15, 0.2) is 0 Å². The van der Waals surface area contributed by atoms with Gasteiger partial charge in [0.25, 0.3) is 11.8 Å². The lowest BCUT2D eigenvalue weighted by molar-refractivity contribution is -0.155. The monoisotopic (exact) mass is 1130 g/mol. The number of pyridine rings is 1. The number of ether oxygens (including phenoxy) is 3. The van der Waals surface area contributed by atoms with Crippen molar-refractivity contribution in [2.24, 2.45) is 11.3 Å². The number of carbonyl (C=O) groups excluding carboxylic acids is 4. The molecule has 3 saturated heterocycles. The standard InChI is InChI=1S/C62H78N8O10S/c1-9-69-53-19-16-42-33-48(53)50(56(69)49-30-39(35-65-54(49)38(4)78-8)12-10-23-64-45-21-26-81(76,77)27-22-45)34-62(5,6)36-80-61(75)51-13-11-24-70(67-51)59(73)52(31-40-28-43(42)32-46(71)29-40)66-58(72)55(37(2)3)68(7)60(74)57-47(20-25-79-57)41-14-17-44(63)18-15-41/h14-19,28-30,32-33,35,37-38,45,47,51-52,55,57,64,67,71H,9,11,13,20-27,31,34,36,63H2,1-8H3,(H,66,72). The molecule has 2 aromatic heterocycles. The number of anilines is 1. The molecule has 0 spiro atoms. The lowest BCUT2D eigenvalue weighted by Crippen LogP contribution is -2.62. The summed E-state index contributed by atoms with van der Waals surface area (Å²) in [5.74, 6) is 4.31. The van der Waals surface area contributed by atoms with Crippen molar-refractivity contribution >= 4 is 50.1 Å². The van der Waals surface area contributed by atoms with Crippen molar-refractivity contribution in [2.75, 3.05) is 57.7 Å². The maximum absolute atomic E-state index is 15.0. The topological polar surface area (TPSA) is 237 Å². The number of cyclic esters (lactones) is 1. The van der Waals surface area contributed by atoms with Gasteiger partial charge in [-0.15, -0.1) is 0 Å². The van der Waals surface area contributed by atoms with Crippen molar-refractivity contribution < 1.29 is 46.9 Å². The van der Waals surface area contributed by atoms with Gasteiger partial charge in [-0.2, -0.15) is 0 Å². The molecule has 4 aliphatic rings. The van der Waals surface area contributed by atoms with Crippen molar-refractivity contribution in [1.82, 2.24) is 35.5 Å². The normalized spacial score (nSPS) is 22.1. The molecule has 5 aromatic rings. The molecule has 0 radical (unpaired) electrons. The number of amides is 3. The molecule has 3 amide bonds. The number of rotatable bonds is 12. The third-order valence-electron chi connectivity index (χ3n) is 16.4. The van der Waals surface area contributed by atoms with Gasteiger partial charge < -0.3 is 45.2 Å². The highest BCUT2D eigenvalue weighted by molar-refractivity contribution is 7.91. The lowest BCUT2D eigenvalue weighted by atomic mass is 9.84. The summed E-state index contributed by atoms with van der Waals surface area (Å²) in [6, 6.07) is 17.8. The smallest absolute Gasteiger partial charge is 0.324 e. The summed E-state index contributed by atoms with van der Waals surface area (Å²) >= 11 is 0. The first-order chi connectivity index (χ1) is 38.6. The van der Waals surface area contributed by atoms with E-state index in [1.165, 1.54) is 9.91 Å². The van der Waals surface area contributed by atoms with E-state index in [4.69, 9.17) is 24.9 Å². The van der Waals surface area contributed by atoms with Crippen LogP contribution in [0.15, 0.2) is 72.9 Å². The van der Waals surface area contributed by atoms with Gasteiger partial charge in [-0.1, -0.05) is 63.8 Å². The molecule has 81 heavy (non-hydrogen) atoms. The predicted molar refractivity (Wildman–Crippen MR) is 311 cm³/mol. The van der Waals surface area contributed by atoms with Crippen molar-refractivity contribution in [3.63, 3.8) is 0 Å². The van der Waals surface area contributed by atoms with Crippen LogP contribution in [-0.4, -0.2) is 139 Å². The van der Waals surface area contributed by atoms with Crippen LogP contribution in [0.2, 0.25) is 0 Å². The number of phenols is 1. The van der Waals surface area contributed by atoms with Gasteiger partial charge in [0, 0.05) is 91.6 Å². The van der Waals surface area contributed by atoms with Gasteiger partial charge in [0.2, 0.25) is 5.91 Å². The number of aromatic nitrogens is 2. The molecule has 6 atom stereocenters. The van der Waals surface area contributed by atoms with Gasteiger partial charge in [-0.05, 0) is 129 Å². The maximum Gasteiger partial charge on any atom is 0.324 e. The van der Waals surface area contributed by atoms with Gasteiger partial charge in [0.1, 0.15) is 39.8 Å². The third kappa shape index (κ3) is 13.3. The first-order valence-electron chi connectivity index (χ1n) is 28.4. The molecule has 432 valence electrons. The number of nitrogens with zero attached hydrogens (tertiary/aromatic N) is 4. The van der Waals surface area contributed by atoms with E-state index in [0.29, 0.717) is 86.3 Å². The van der Waals surface area contributed by atoms with Crippen LogP contribution in [0, 0.1) is 23.2 Å². The number of esters is 1. The minimum atomic E-state index is -2.99. The first-order valence-corrected chi connectivity index (χ1v) is 30.2. The van der Waals surface area contributed by atoms with Crippen LogP contribution >= 0.6 is 0 Å². The number of sulfone groups is 1. The molecule has 6 N–H and O–H groups in total. The number of hydrogen-bond donors (Lipinski definition) is 5. The van der Waals surface area contributed by atoms with Crippen molar-refractivity contribution in [1.29, 1.82) is 0 Å². The lowest BCUT2D eigenvalue weighted by Gasteiger charge is -2.37. The molecule has 6 unspecified atom stereocenters. The summed E-state index contributed by atoms with van der Waals surface area (Å²) < 4.78 is 44.5. The molecule has 3 aromatic carbocycles. The van der Waals surface area contributed by atoms with Gasteiger partial charge in [0.05, 0.1) is 42.1 Å². The highest BCUT2D eigenvalue weighted by Gasteiger charge is 2.42. The minimum absolute atomic E-state index is 0.0386. The molecule has 0 saturated carbocycles. The number of nitrogens with one attached hydrogen (secondary N) is 3. The second-order valence-corrected chi connectivity index (χ2v) is 25.7. The van der Waals surface area contributed by atoms with Gasteiger partial charge in [-0.3, -0.25) is 29.2 Å². The number of nitrogens with two attached hydrogens (primary N) is 1. The quantitative estimate of drug-likeness (QED) is 0.0503. The van der Waals surface area contributed by atoms with Crippen molar-refractivity contribution in [3.05, 3.63) is 101 Å². The van der Waals surface area contributed by atoms with Crippen LogP contribution in [0.4, 0.5) is 5.69 Å². The Morgan fingerprint density at radius 2 is 1.77 bits per heavy atom.